The van der Waals surface area contributed by atoms with Gasteiger partial charge >= 0.3 is 0 Å². The number of nitrogens with zero attached hydrogens (tertiary/aromatic N) is 7. The van der Waals surface area contributed by atoms with E-state index >= 15 is 0 Å². The molecule has 2 aromatic rings. The highest BCUT2D eigenvalue weighted by Gasteiger charge is 2.31. The van der Waals surface area contributed by atoms with Crippen LogP contribution in [-0.2, 0) is 17.1 Å². The van der Waals surface area contributed by atoms with E-state index in [2.05, 4.69) is 25.0 Å². The Kier molecular flexibility index (Phi) is 5.48. The second-order valence-electron chi connectivity index (χ2n) is 8.04. The van der Waals surface area contributed by atoms with Gasteiger partial charge in [-0.25, -0.2) is 13.4 Å². The van der Waals surface area contributed by atoms with Crippen LogP contribution in [0.5, 0.6) is 0 Å². The molecule has 2 aliphatic rings. The Hall–Kier alpha value is -2.20. The molecule has 0 unspecified atom stereocenters. The number of imidazole rings is 1. The third-order valence-electron chi connectivity index (χ3n) is 5.64. The normalized spacial score (nSPS) is 18.8. The lowest BCUT2D eigenvalue weighted by Crippen LogP contribution is -2.49. The molecule has 10 heteroatoms. The molecule has 0 spiro atoms. The Balaban J connectivity index is 1.41. The zero-order valence-corrected chi connectivity index (χ0v) is 18.1. The average molecular weight is 420 g/mol. The molecular weight excluding hydrogens is 390 g/mol. The van der Waals surface area contributed by atoms with Crippen molar-refractivity contribution in [3.05, 3.63) is 24.2 Å². The number of piperazine rings is 1. The van der Waals surface area contributed by atoms with Crippen LogP contribution in [0.3, 0.4) is 0 Å². The van der Waals surface area contributed by atoms with E-state index in [1.54, 1.807) is 10.8 Å². The topological polar surface area (TPSA) is 87.5 Å². The summed E-state index contributed by atoms with van der Waals surface area (Å²) in [4.78, 5) is 8.71. The SMILES string of the molecule is CC(C)c1nc(S(=O)(=O)N2CCN(c3ccc(N4CCCC4)nn3)CC2)cn1C. The summed E-state index contributed by atoms with van der Waals surface area (Å²) in [5.74, 6) is 2.66. The first-order chi connectivity index (χ1) is 13.9. The molecule has 0 atom stereocenters. The highest BCUT2D eigenvalue weighted by atomic mass is 32.2. The Bertz CT molecular complexity index is 941. The number of rotatable bonds is 5. The highest BCUT2D eigenvalue weighted by molar-refractivity contribution is 7.89. The lowest BCUT2D eigenvalue weighted by atomic mass is 10.2. The van der Waals surface area contributed by atoms with Gasteiger partial charge < -0.3 is 14.4 Å². The largest absolute Gasteiger partial charge is 0.355 e. The Morgan fingerprint density at radius 2 is 1.45 bits per heavy atom. The quantitative estimate of drug-likeness (QED) is 0.725. The van der Waals surface area contributed by atoms with Crippen LogP contribution >= 0.6 is 0 Å². The van der Waals surface area contributed by atoms with Crippen molar-refractivity contribution in [3.8, 4) is 0 Å². The summed E-state index contributed by atoms with van der Waals surface area (Å²) in [5, 5.41) is 8.88. The van der Waals surface area contributed by atoms with Crippen molar-refractivity contribution in [2.24, 2.45) is 7.05 Å². The van der Waals surface area contributed by atoms with Crippen LogP contribution in [0.25, 0.3) is 0 Å². The zero-order valence-electron chi connectivity index (χ0n) is 17.3. The fourth-order valence-corrected chi connectivity index (χ4v) is 5.41. The molecule has 0 aromatic carbocycles. The molecule has 0 radical (unpaired) electrons. The monoisotopic (exact) mass is 419 g/mol. The number of aromatic nitrogens is 4. The molecule has 158 valence electrons. The van der Waals surface area contributed by atoms with E-state index in [9.17, 15) is 8.42 Å². The Labute approximate surface area is 172 Å². The molecule has 4 heterocycles. The van der Waals surface area contributed by atoms with Gasteiger partial charge in [0.15, 0.2) is 16.7 Å². The molecule has 2 aliphatic heterocycles. The molecule has 2 saturated heterocycles. The number of aryl methyl sites for hydroxylation is 1. The minimum Gasteiger partial charge on any atom is -0.355 e. The fourth-order valence-electron chi connectivity index (χ4n) is 4.00. The fraction of sp³-hybridized carbons (Fsp3) is 0.632. The molecule has 29 heavy (non-hydrogen) atoms. The summed E-state index contributed by atoms with van der Waals surface area (Å²) >= 11 is 0. The molecule has 2 fully saturated rings. The highest BCUT2D eigenvalue weighted by Crippen LogP contribution is 2.23. The molecule has 0 saturated carbocycles. The second-order valence-corrected chi connectivity index (χ2v) is 9.92. The van der Waals surface area contributed by atoms with Gasteiger partial charge in [0, 0.05) is 58.4 Å². The van der Waals surface area contributed by atoms with E-state index in [0.29, 0.717) is 26.2 Å². The first kappa shape index (κ1) is 20.1. The molecule has 2 aromatic heterocycles. The van der Waals surface area contributed by atoms with Crippen LogP contribution in [0, 0.1) is 0 Å². The standard InChI is InChI=1S/C19H29N7O2S/c1-15(2)19-20-18(14-23(19)3)29(27,28)26-12-10-25(11-13-26)17-7-6-16(21-22-17)24-8-4-5-9-24/h6-7,14-15H,4-5,8-13H2,1-3H3. The predicted octanol–water partition coefficient (Wildman–Crippen LogP) is 1.44. The maximum atomic E-state index is 13.0. The van der Waals surface area contributed by atoms with Gasteiger partial charge in [0.1, 0.15) is 5.82 Å². The van der Waals surface area contributed by atoms with Crippen molar-refractivity contribution in [2.75, 3.05) is 49.1 Å². The summed E-state index contributed by atoms with van der Waals surface area (Å²) in [6, 6.07) is 4.00. The summed E-state index contributed by atoms with van der Waals surface area (Å²) in [6.45, 7) is 8.08. The van der Waals surface area contributed by atoms with E-state index in [1.165, 1.54) is 17.1 Å². The van der Waals surface area contributed by atoms with Crippen molar-refractivity contribution in [1.82, 2.24) is 24.1 Å². The van der Waals surface area contributed by atoms with Crippen LogP contribution in [0.15, 0.2) is 23.4 Å². The Morgan fingerprint density at radius 1 is 0.897 bits per heavy atom. The lowest BCUT2D eigenvalue weighted by molar-refractivity contribution is 0.382. The van der Waals surface area contributed by atoms with Crippen molar-refractivity contribution in [1.29, 1.82) is 0 Å². The van der Waals surface area contributed by atoms with Gasteiger partial charge in [-0.3, -0.25) is 0 Å². The van der Waals surface area contributed by atoms with Crippen LogP contribution in [-0.4, -0.2) is 71.7 Å². The third kappa shape index (κ3) is 3.95. The molecule has 0 N–H and O–H groups in total. The van der Waals surface area contributed by atoms with E-state index in [0.717, 1.165) is 30.5 Å². The molecule has 0 aliphatic carbocycles. The van der Waals surface area contributed by atoms with Crippen molar-refractivity contribution in [3.63, 3.8) is 0 Å². The van der Waals surface area contributed by atoms with Crippen LogP contribution in [0.4, 0.5) is 11.6 Å². The first-order valence-corrected chi connectivity index (χ1v) is 11.7. The number of hydrogen-bond donors (Lipinski definition) is 0. The minimum atomic E-state index is -3.59. The predicted molar refractivity (Wildman–Crippen MR) is 112 cm³/mol. The molecule has 4 rings (SSSR count). The smallest absolute Gasteiger partial charge is 0.262 e. The molecule has 0 bridgehead atoms. The van der Waals surface area contributed by atoms with Crippen molar-refractivity contribution >= 4 is 21.7 Å². The van der Waals surface area contributed by atoms with Crippen molar-refractivity contribution < 1.29 is 8.42 Å². The van der Waals surface area contributed by atoms with Crippen LogP contribution < -0.4 is 9.80 Å². The van der Waals surface area contributed by atoms with Gasteiger partial charge in [-0.2, -0.15) is 4.31 Å². The Morgan fingerprint density at radius 3 is 1.93 bits per heavy atom. The summed E-state index contributed by atoms with van der Waals surface area (Å²) < 4.78 is 29.3. The van der Waals surface area contributed by atoms with E-state index in [4.69, 9.17) is 0 Å². The van der Waals surface area contributed by atoms with Gasteiger partial charge in [-0.15, -0.1) is 10.2 Å². The maximum absolute atomic E-state index is 13.0. The van der Waals surface area contributed by atoms with Crippen LogP contribution in [0.1, 0.15) is 38.4 Å². The summed E-state index contributed by atoms with van der Waals surface area (Å²) in [6.07, 6.45) is 4.02. The number of sulfonamides is 1. The van der Waals surface area contributed by atoms with E-state index in [1.807, 2.05) is 33.0 Å². The summed E-state index contributed by atoms with van der Waals surface area (Å²) in [7, 11) is -1.75. The second kappa shape index (κ2) is 7.91. The molecule has 0 amide bonds. The van der Waals surface area contributed by atoms with Gasteiger partial charge in [0.2, 0.25) is 0 Å². The maximum Gasteiger partial charge on any atom is 0.262 e. The lowest BCUT2D eigenvalue weighted by Gasteiger charge is -2.34. The average Bonchev–Trinajstić information content (AvgIpc) is 3.38. The van der Waals surface area contributed by atoms with Gasteiger partial charge in [0.25, 0.3) is 10.0 Å². The third-order valence-corrected chi connectivity index (χ3v) is 7.41. The van der Waals surface area contributed by atoms with Crippen molar-refractivity contribution in [2.45, 2.75) is 37.6 Å². The minimum absolute atomic E-state index is 0.131. The molecule has 9 nitrogen and oxygen atoms in total. The summed E-state index contributed by atoms with van der Waals surface area (Å²) in [5.41, 5.74) is 0. The molecular formula is C19H29N7O2S. The first-order valence-electron chi connectivity index (χ1n) is 10.2. The van der Waals surface area contributed by atoms with E-state index in [-0.39, 0.29) is 10.9 Å². The van der Waals surface area contributed by atoms with E-state index < -0.39 is 10.0 Å². The van der Waals surface area contributed by atoms with Gasteiger partial charge in [-0.1, -0.05) is 13.8 Å². The van der Waals surface area contributed by atoms with Gasteiger partial charge in [0.05, 0.1) is 0 Å². The van der Waals surface area contributed by atoms with Gasteiger partial charge in [-0.05, 0) is 25.0 Å². The number of anilines is 2. The zero-order chi connectivity index (χ0) is 20.6. The number of hydrogen-bond acceptors (Lipinski definition) is 7. The van der Waals surface area contributed by atoms with Crippen LogP contribution in [0.2, 0.25) is 0 Å².